The number of hydrogen-bond donors (Lipinski definition) is 2. The van der Waals surface area contributed by atoms with Crippen LogP contribution in [0.2, 0.25) is 0 Å². The van der Waals surface area contributed by atoms with Gasteiger partial charge < -0.3 is 0 Å². The predicted molar refractivity (Wildman–Crippen MR) is 96.1 cm³/mol. The van der Waals surface area contributed by atoms with Crippen molar-refractivity contribution < 1.29 is 4.74 Å². The molecule has 0 heterocycles. The van der Waals surface area contributed by atoms with E-state index in [9.17, 15) is 0 Å². The fourth-order valence-corrected chi connectivity index (χ4v) is 2.69. The van der Waals surface area contributed by atoms with E-state index in [2.05, 4.69) is 66.4 Å². The van der Waals surface area contributed by atoms with Crippen LogP contribution in [-0.4, -0.2) is 27.2 Å². The Balaban J connectivity index is 0.000000612. The van der Waals surface area contributed by atoms with E-state index >= 15 is 0 Å². The van der Waals surface area contributed by atoms with E-state index in [4.69, 9.17) is 4.74 Å². The van der Waals surface area contributed by atoms with Crippen LogP contribution in [0.15, 0.2) is 18.2 Å². The summed E-state index contributed by atoms with van der Waals surface area (Å²) >= 11 is 10.4. The zero-order valence-electron chi connectivity index (χ0n) is 12.2. The summed E-state index contributed by atoms with van der Waals surface area (Å²) in [7, 11) is 0. The predicted octanol–water partition coefficient (Wildman–Crippen LogP) is 4.08. The monoisotopic (exact) mass is 377 g/mol. The van der Waals surface area contributed by atoms with Gasteiger partial charge >= 0.3 is 113 Å². The molecule has 0 spiro atoms. The van der Waals surface area contributed by atoms with Crippen molar-refractivity contribution in [3.8, 4) is 5.75 Å². The van der Waals surface area contributed by atoms with Gasteiger partial charge in [0.05, 0.1) is 0 Å². The maximum atomic E-state index is 6.11. The van der Waals surface area contributed by atoms with Crippen LogP contribution in [0, 0.1) is 6.92 Å². The summed E-state index contributed by atoms with van der Waals surface area (Å²) in [4.78, 5) is 0. The van der Waals surface area contributed by atoms with Crippen molar-refractivity contribution in [1.29, 1.82) is 0 Å². The fraction of sp³-hybridized carbons (Fsp3) is 0.625. The van der Waals surface area contributed by atoms with Crippen LogP contribution in [0.3, 0.4) is 0 Å². The van der Waals surface area contributed by atoms with E-state index in [0.29, 0.717) is 11.2 Å². The Morgan fingerprint density at radius 2 is 1.65 bits per heavy atom. The minimum Gasteiger partial charge on any atom is -0.169 e. The third kappa shape index (κ3) is 7.31. The molecule has 1 aliphatic rings. The largest absolute Gasteiger partial charge is 0.169 e. The molecule has 0 atom stereocenters. The summed E-state index contributed by atoms with van der Waals surface area (Å²) in [5.74, 6) is 1.03. The molecule has 1 saturated carbocycles. The summed E-state index contributed by atoms with van der Waals surface area (Å²) in [6.45, 7) is 2.12. The number of ether oxygens (including phenoxy) is 1. The Morgan fingerprint density at radius 3 is 2.20 bits per heavy atom. The molecular formula is C16H25OS2Se. The summed E-state index contributed by atoms with van der Waals surface area (Å²) in [6, 6.07) is 6.33. The second kappa shape index (κ2) is 10.9. The zero-order chi connectivity index (χ0) is 14.8. The molecular weight excluding hydrogens is 351 g/mol. The van der Waals surface area contributed by atoms with Crippen LogP contribution in [0.5, 0.6) is 5.75 Å². The summed E-state index contributed by atoms with van der Waals surface area (Å²) in [5.41, 5.74) is 1.27. The maximum absolute atomic E-state index is 6.11. The van der Waals surface area contributed by atoms with Gasteiger partial charge in [-0.3, -0.25) is 0 Å². The van der Waals surface area contributed by atoms with E-state index in [0.717, 1.165) is 5.75 Å². The molecule has 20 heavy (non-hydrogen) atoms. The second-order valence-electron chi connectivity index (χ2n) is 5.15. The van der Waals surface area contributed by atoms with E-state index < -0.39 is 0 Å². The second-order valence-corrected chi connectivity index (χ2v) is 7.21. The van der Waals surface area contributed by atoms with Crippen LogP contribution in [0.4, 0.5) is 0 Å². The maximum Gasteiger partial charge on any atom is 0.0331 e. The van der Waals surface area contributed by atoms with Crippen molar-refractivity contribution in [2.45, 2.75) is 58.0 Å². The summed E-state index contributed by atoms with van der Waals surface area (Å²) in [6.07, 6.45) is 9.68. The molecule has 1 fully saturated rings. The van der Waals surface area contributed by atoms with Gasteiger partial charge in [0.25, 0.3) is 0 Å². The molecule has 1 aliphatic carbocycles. The fourth-order valence-electron chi connectivity index (χ4n) is 2.42. The Kier molecular flexibility index (Phi) is 9.96. The van der Waals surface area contributed by atoms with Crippen molar-refractivity contribution in [3.05, 3.63) is 23.8 Å². The third-order valence-electron chi connectivity index (χ3n) is 3.50. The molecule has 1 aromatic rings. The molecule has 0 saturated heterocycles. The van der Waals surface area contributed by atoms with Gasteiger partial charge in [0, 0.05) is 5.08 Å². The molecule has 1 aromatic carbocycles. The quantitative estimate of drug-likeness (QED) is 0.449. The van der Waals surface area contributed by atoms with E-state index in [1.54, 1.807) is 0 Å². The van der Waals surface area contributed by atoms with Crippen LogP contribution in [-0.2, 0) is 0 Å². The minimum atomic E-state index is 0.432. The Labute approximate surface area is 142 Å². The Bertz CT molecular complexity index is 377. The van der Waals surface area contributed by atoms with Crippen LogP contribution in [0.1, 0.15) is 50.5 Å². The number of hydrogen-bond acceptors (Lipinski definition) is 3. The van der Waals surface area contributed by atoms with E-state index in [-0.39, 0.29) is 0 Å². The summed E-state index contributed by atoms with van der Waals surface area (Å²) < 4.78 is 7.33. The van der Waals surface area contributed by atoms with Gasteiger partial charge in [0.1, 0.15) is 0 Å². The summed E-state index contributed by atoms with van der Waals surface area (Å²) in [5, 5.41) is 0.639. The van der Waals surface area contributed by atoms with Gasteiger partial charge in [-0.25, -0.2) is 0 Å². The Morgan fingerprint density at radius 1 is 1.10 bits per heavy atom. The van der Waals surface area contributed by atoms with Crippen molar-refractivity contribution in [2.24, 2.45) is 0 Å². The van der Waals surface area contributed by atoms with Gasteiger partial charge in [-0.2, -0.15) is 25.3 Å². The van der Waals surface area contributed by atoms with Crippen LogP contribution >= 0.6 is 25.3 Å². The third-order valence-corrected chi connectivity index (χ3v) is 4.46. The van der Waals surface area contributed by atoms with E-state index in [1.165, 1.54) is 55.0 Å². The molecule has 2 rings (SSSR count). The van der Waals surface area contributed by atoms with Gasteiger partial charge in [0.2, 0.25) is 0 Å². The first-order chi connectivity index (χ1) is 9.67. The molecule has 113 valence electrons. The minimum absolute atomic E-state index is 0.432. The number of rotatable bonds is 2. The van der Waals surface area contributed by atoms with Gasteiger partial charge in [-0.1, -0.05) is 0 Å². The smallest absolute Gasteiger partial charge is 0.0331 e. The molecule has 1 nitrogen and oxygen atoms in total. The molecule has 0 aromatic heterocycles. The first kappa shape index (κ1) is 18.3. The molecule has 0 N–H and O–H groups in total. The number of aryl methyl sites for hydroxylation is 1. The molecule has 4 heteroatoms. The number of thiol groups is 2. The van der Waals surface area contributed by atoms with Crippen molar-refractivity contribution in [1.82, 2.24) is 0 Å². The average molecular weight is 376 g/mol. The SMILES string of the molecule is Cc1cc(OC2CCCCCCC2)ccc1[Se].SCS. The van der Waals surface area contributed by atoms with Crippen LogP contribution in [0.25, 0.3) is 0 Å². The molecule has 0 bridgehead atoms. The molecule has 1 radical (unpaired) electrons. The standard InChI is InChI=1S/C15H21OSe.CH4S2/c1-12-11-14(9-10-15(12)17)16-13-7-5-3-2-4-6-8-13;2-1-3/h9-11,13H,2-8H2,1H3;2-3H,1H2. The van der Waals surface area contributed by atoms with Crippen LogP contribution < -0.4 is 9.20 Å². The normalized spacial score (nSPS) is 16.6. The molecule has 0 aliphatic heterocycles. The van der Waals surface area contributed by atoms with Crippen molar-refractivity contribution in [2.75, 3.05) is 5.08 Å². The number of benzene rings is 1. The first-order valence-corrected chi connectivity index (χ1v) is 9.45. The van der Waals surface area contributed by atoms with Gasteiger partial charge in [-0.15, -0.1) is 0 Å². The van der Waals surface area contributed by atoms with Crippen molar-refractivity contribution in [3.63, 3.8) is 0 Å². The first-order valence-electron chi connectivity index (χ1n) is 7.33. The molecule has 0 unspecified atom stereocenters. The Hall–Kier alpha value is 0.239. The molecule has 0 amide bonds. The van der Waals surface area contributed by atoms with E-state index in [1.807, 2.05) is 0 Å². The van der Waals surface area contributed by atoms with Gasteiger partial charge in [-0.05, 0) is 0 Å². The zero-order valence-corrected chi connectivity index (χ0v) is 15.7. The average Bonchev–Trinajstić information content (AvgIpc) is 2.38. The topological polar surface area (TPSA) is 9.23 Å². The van der Waals surface area contributed by atoms with Crippen molar-refractivity contribution >= 4 is 45.7 Å². The van der Waals surface area contributed by atoms with Gasteiger partial charge in [0.15, 0.2) is 0 Å².